The van der Waals surface area contributed by atoms with Gasteiger partial charge >= 0.3 is 0 Å². The van der Waals surface area contributed by atoms with Crippen molar-refractivity contribution in [1.82, 2.24) is 4.90 Å². The topological polar surface area (TPSA) is 23.5 Å². The average Bonchev–Trinajstić information content (AvgIpc) is 2.29. The number of hydrogen-bond donors (Lipinski definition) is 1. The minimum absolute atomic E-state index is 0.184. The van der Waals surface area contributed by atoms with Crippen LogP contribution in [0.4, 0.5) is 4.39 Å². The number of benzene rings is 1. The van der Waals surface area contributed by atoms with Crippen molar-refractivity contribution in [1.29, 1.82) is 0 Å². The molecule has 1 aromatic carbocycles. The molecule has 2 rings (SSSR count). The molecule has 0 radical (unpaired) electrons. The van der Waals surface area contributed by atoms with Crippen molar-refractivity contribution in [2.45, 2.75) is 32.4 Å². The smallest absolute Gasteiger partial charge is 0.126 e. The molecule has 0 saturated carbocycles. The first-order chi connectivity index (χ1) is 8.06. The van der Waals surface area contributed by atoms with Crippen molar-refractivity contribution in [2.24, 2.45) is 0 Å². The van der Waals surface area contributed by atoms with Crippen LogP contribution in [0.3, 0.4) is 0 Å². The summed E-state index contributed by atoms with van der Waals surface area (Å²) in [5.74, 6) is -0.207. The molecule has 0 atom stereocenters. The summed E-state index contributed by atoms with van der Waals surface area (Å²) in [6.45, 7) is 4.05. The van der Waals surface area contributed by atoms with E-state index in [2.05, 4.69) is 4.90 Å². The zero-order chi connectivity index (χ0) is 12.4. The molecule has 0 spiro atoms. The summed E-state index contributed by atoms with van der Waals surface area (Å²) < 4.78 is 13.5. The zero-order valence-corrected chi connectivity index (χ0v) is 10.7. The Labute approximate surface area is 106 Å². The van der Waals surface area contributed by atoms with Crippen LogP contribution in [0.1, 0.15) is 24.0 Å². The largest absolute Gasteiger partial charge is 0.393 e. The lowest BCUT2D eigenvalue weighted by atomic mass is 10.1. The molecule has 1 aliphatic rings. The third-order valence-electron chi connectivity index (χ3n) is 3.28. The van der Waals surface area contributed by atoms with Gasteiger partial charge in [-0.15, -0.1) is 0 Å². The van der Waals surface area contributed by atoms with Gasteiger partial charge in [0.2, 0.25) is 0 Å². The van der Waals surface area contributed by atoms with Gasteiger partial charge in [0.25, 0.3) is 0 Å². The van der Waals surface area contributed by atoms with Crippen LogP contribution in [-0.4, -0.2) is 29.2 Å². The van der Waals surface area contributed by atoms with Crippen LogP contribution >= 0.6 is 11.6 Å². The van der Waals surface area contributed by atoms with E-state index in [1.165, 1.54) is 6.07 Å². The first-order valence-corrected chi connectivity index (χ1v) is 6.29. The molecule has 1 heterocycles. The van der Waals surface area contributed by atoms with Gasteiger partial charge < -0.3 is 5.11 Å². The fourth-order valence-corrected chi connectivity index (χ4v) is 2.40. The quantitative estimate of drug-likeness (QED) is 0.881. The van der Waals surface area contributed by atoms with Crippen molar-refractivity contribution in [3.8, 4) is 0 Å². The first kappa shape index (κ1) is 12.8. The van der Waals surface area contributed by atoms with Gasteiger partial charge in [0.1, 0.15) is 5.82 Å². The van der Waals surface area contributed by atoms with Crippen LogP contribution in [-0.2, 0) is 6.54 Å². The summed E-state index contributed by atoms with van der Waals surface area (Å²) in [5.41, 5.74) is 1.40. The second-order valence-electron chi connectivity index (χ2n) is 4.70. The Bertz CT molecular complexity index is 403. The third-order valence-corrected chi connectivity index (χ3v) is 3.63. The number of hydrogen-bond acceptors (Lipinski definition) is 2. The van der Waals surface area contributed by atoms with Crippen LogP contribution in [0.2, 0.25) is 5.02 Å². The van der Waals surface area contributed by atoms with Crippen LogP contribution < -0.4 is 0 Å². The molecule has 17 heavy (non-hydrogen) atoms. The Kier molecular flexibility index (Phi) is 4.02. The van der Waals surface area contributed by atoms with Gasteiger partial charge in [-0.3, -0.25) is 4.90 Å². The molecule has 1 N–H and O–H groups in total. The standard InChI is InChI=1S/C13H17ClFNO/c1-9-6-12(14)10(7-13(9)15)8-16-4-2-11(17)3-5-16/h6-7,11,17H,2-5,8H2,1H3. The van der Waals surface area contributed by atoms with E-state index in [4.69, 9.17) is 11.6 Å². The van der Waals surface area contributed by atoms with Crippen LogP contribution in [0.15, 0.2) is 12.1 Å². The predicted molar refractivity (Wildman–Crippen MR) is 66.7 cm³/mol. The first-order valence-electron chi connectivity index (χ1n) is 5.91. The number of aliphatic hydroxyl groups excluding tert-OH is 1. The summed E-state index contributed by atoms with van der Waals surface area (Å²) in [6.07, 6.45) is 1.38. The number of rotatable bonds is 2. The fourth-order valence-electron chi connectivity index (χ4n) is 2.13. The molecule has 1 saturated heterocycles. The Balaban J connectivity index is 2.06. The highest BCUT2D eigenvalue weighted by Crippen LogP contribution is 2.23. The summed E-state index contributed by atoms with van der Waals surface area (Å²) >= 11 is 6.11. The minimum atomic E-state index is -0.207. The molecular weight excluding hydrogens is 241 g/mol. The second kappa shape index (κ2) is 5.34. The molecule has 0 aromatic heterocycles. The van der Waals surface area contributed by atoms with E-state index in [-0.39, 0.29) is 11.9 Å². The molecule has 4 heteroatoms. The van der Waals surface area contributed by atoms with E-state index in [9.17, 15) is 9.50 Å². The third kappa shape index (κ3) is 3.18. The predicted octanol–water partition coefficient (Wildman–Crippen LogP) is 2.74. The number of halogens is 2. The summed E-state index contributed by atoms with van der Waals surface area (Å²) in [5, 5.41) is 10.0. The molecule has 2 nitrogen and oxygen atoms in total. The average molecular weight is 258 g/mol. The molecular formula is C13H17ClFNO. The van der Waals surface area contributed by atoms with E-state index in [1.807, 2.05) is 0 Å². The Morgan fingerprint density at radius 3 is 2.71 bits per heavy atom. The number of nitrogens with zero attached hydrogens (tertiary/aromatic N) is 1. The molecule has 1 aliphatic heterocycles. The number of likely N-dealkylation sites (tertiary alicyclic amines) is 1. The molecule has 1 fully saturated rings. The van der Waals surface area contributed by atoms with Gasteiger partial charge in [-0.1, -0.05) is 11.6 Å². The normalized spacial score (nSPS) is 18.6. The van der Waals surface area contributed by atoms with Gasteiger partial charge in [-0.25, -0.2) is 4.39 Å². The van der Waals surface area contributed by atoms with Crippen LogP contribution in [0, 0.1) is 12.7 Å². The van der Waals surface area contributed by atoms with Crippen molar-refractivity contribution >= 4 is 11.6 Å². The lowest BCUT2D eigenvalue weighted by Crippen LogP contribution is -2.35. The fraction of sp³-hybridized carbons (Fsp3) is 0.538. The van der Waals surface area contributed by atoms with Crippen molar-refractivity contribution in [3.05, 3.63) is 34.1 Å². The molecule has 94 valence electrons. The maximum absolute atomic E-state index is 13.5. The van der Waals surface area contributed by atoms with Gasteiger partial charge in [-0.2, -0.15) is 0 Å². The Hall–Kier alpha value is -0.640. The summed E-state index contributed by atoms with van der Waals surface area (Å²) in [6, 6.07) is 3.19. The molecule has 0 bridgehead atoms. The Morgan fingerprint density at radius 1 is 1.41 bits per heavy atom. The van der Waals surface area contributed by atoms with E-state index in [0.29, 0.717) is 17.1 Å². The van der Waals surface area contributed by atoms with Crippen LogP contribution in [0.5, 0.6) is 0 Å². The minimum Gasteiger partial charge on any atom is -0.393 e. The van der Waals surface area contributed by atoms with Gasteiger partial charge in [0, 0.05) is 24.7 Å². The van der Waals surface area contributed by atoms with Crippen molar-refractivity contribution in [2.75, 3.05) is 13.1 Å². The molecule has 0 unspecified atom stereocenters. The number of aryl methyl sites for hydroxylation is 1. The van der Waals surface area contributed by atoms with E-state index < -0.39 is 0 Å². The second-order valence-corrected chi connectivity index (χ2v) is 5.11. The SMILES string of the molecule is Cc1cc(Cl)c(CN2CCC(O)CC2)cc1F. The van der Waals surface area contributed by atoms with Gasteiger partial charge in [0.15, 0.2) is 0 Å². The maximum Gasteiger partial charge on any atom is 0.126 e. The zero-order valence-electron chi connectivity index (χ0n) is 9.92. The van der Waals surface area contributed by atoms with Crippen molar-refractivity contribution in [3.63, 3.8) is 0 Å². The highest BCUT2D eigenvalue weighted by Gasteiger charge is 2.18. The van der Waals surface area contributed by atoms with Gasteiger partial charge in [0.05, 0.1) is 6.10 Å². The lowest BCUT2D eigenvalue weighted by Gasteiger charge is -2.29. The van der Waals surface area contributed by atoms with E-state index in [0.717, 1.165) is 31.5 Å². The number of aliphatic hydroxyl groups is 1. The van der Waals surface area contributed by atoms with Crippen LogP contribution in [0.25, 0.3) is 0 Å². The Morgan fingerprint density at radius 2 is 2.06 bits per heavy atom. The van der Waals surface area contributed by atoms with E-state index >= 15 is 0 Å². The molecule has 0 aliphatic carbocycles. The monoisotopic (exact) mass is 257 g/mol. The maximum atomic E-state index is 13.5. The summed E-state index contributed by atoms with van der Waals surface area (Å²) in [7, 11) is 0. The molecule has 0 amide bonds. The van der Waals surface area contributed by atoms with E-state index in [1.54, 1.807) is 13.0 Å². The highest BCUT2D eigenvalue weighted by molar-refractivity contribution is 6.31. The number of piperidine rings is 1. The van der Waals surface area contributed by atoms with Gasteiger partial charge in [-0.05, 0) is 43.0 Å². The van der Waals surface area contributed by atoms with Crippen molar-refractivity contribution < 1.29 is 9.50 Å². The summed E-state index contributed by atoms with van der Waals surface area (Å²) in [4.78, 5) is 2.20. The highest BCUT2D eigenvalue weighted by atomic mass is 35.5. The lowest BCUT2D eigenvalue weighted by molar-refractivity contribution is 0.0792. The molecule has 1 aromatic rings.